The molecule has 1 N–H and O–H groups in total. The summed E-state index contributed by atoms with van der Waals surface area (Å²) in [6, 6.07) is 4.48. The molecule has 1 aromatic heterocycles. The second-order valence-electron chi connectivity index (χ2n) is 4.59. The standard InChI is InChI=1S/C13H22N2OS/c1-12(11-13-3-2-8-16-13)14-4-5-15-6-9-17-10-7-15/h2-3,8,12,14H,4-7,9-11H2,1H3. The van der Waals surface area contributed by atoms with E-state index < -0.39 is 0 Å². The lowest BCUT2D eigenvalue weighted by Gasteiger charge is -2.26. The van der Waals surface area contributed by atoms with E-state index >= 15 is 0 Å². The van der Waals surface area contributed by atoms with Crippen LogP contribution in [-0.4, -0.2) is 48.6 Å². The van der Waals surface area contributed by atoms with E-state index in [1.807, 2.05) is 12.1 Å². The van der Waals surface area contributed by atoms with Crippen molar-refractivity contribution in [2.24, 2.45) is 0 Å². The van der Waals surface area contributed by atoms with Crippen molar-refractivity contribution < 1.29 is 4.42 Å². The second kappa shape index (κ2) is 7.09. The summed E-state index contributed by atoms with van der Waals surface area (Å²) >= 11 is 2.07. The first-order valence-corrected chi connectivity index (χ1v) is 7.56. The average Bonchev–Trinajstić information content (AvgIpc) is 2.83. The lowest BCUT2D eigenvalue weighted by molar-refractivity contribution is 0.295. The predicted molar refractivity (Wildman–Crippen MR) is 73.6 cm³/mol. The first-order valence-electron chi connectivity index (χ1n) is 6.40. The normalized spacial score (nSPS) is 19.4. The molecule has 0 saturated carbocycles. The third-order valence-corrected chi connectivity index (χ3v) is 4.05. The monoisotopic (exact) mass is 254 g/mol. The summed E-state index contributed by atoms with van der Waals surface area (Å²) < 4.78 is 5.35. The molecule has 1 saturated heterocycles. The van der Waals surface area contributed by atoms with Gasteiger partial charge in [-0.2, -0.15) is 11.8 Å². The molecule has 2 rings (SSSR count). The van der Waals surface area contributed by atoms with Gasteiger partial charge in [0.05, 0.1) is 6.26 Å². The van der Waals surface area contributed by atoms with E-state index in [2.05, 4.69) is 28.9 Å². The molecule has 0 radical (unpaired) electrons. The molecule has 0 amide bonds. The van der Waals surface area contributed by atoms with Gasteiger partial charge in [-0.3, -0.25) is 0 Å². The van der Waals surface area contributed by atoms with E-state index in [0.29, 0.717) is 6.04 Å². The van der Waals surface area contributed by atoms with Crippen LogP contribution in [0.15, 0.2) is 22.8 Å². The first-order chi connectivity index (χ1) is 8.34. The molecule has 1 aromatic rings. The third kappa shape index (κ3) is 4.74. The van der Waals surface area contributed by atoms with Crippen LogP contribution < -0.4 is 5.32 Å². The van der Waals surface area contributed by atoms with E-state index in [0.717, 1.165) is 18.7 Å². The lowest BCUT2D eigenvalue weighted by Crippen LogP contribution is -2.40. The van der Waals surface area contributed by atoms with E-state index in [1.54, 1.807) is 6.26 Å². The SMILES string of the molecule is CC(Cc1ccco1)NCCN1CCSCC1. The Morgan fingerprint density at radius 2 is 2.29 bits per heavy atom. The smallest absolute Gasteiger partial charge is 0.105 e. The molecule has 1 fully saturated rings. The molecular weight excluding hydrogens is 232 g/mol. The lowest BCUT2D eigenvalue weighted by atomic mass is 10.2. The highest BCUT2D eigenvalue weighted by molar-refractivity contribution is 7.99. The molecule has 17 heavy (non-hydrogen) atoms. The van der Waals surface area contributed by atoms with Crippen molar-refractivity contribution >= 4 is 11.8 Å². The molecule has 3 nitrogen and oxygen atoms in total. The van der Waals surface area contributed by atoms with Gasteiger partial charge < -0.3 is 14.6 Å². The Balaban J connectivity index is 1.58. The topological polar surface area (TPSA) is 28.4 Å². The molecule has 1 atom stereocenters. The molecule has 1 aliphatic rings. The van der Waals surface area contributed by atoms with E-state index in [1.165, 1.54) is 31.1 Å². The fourth-order valence-electron chi connectivity index (χ4n) is 2.10. The molecule has 96 valence electrons. The summed E-state index contributed by atoms with van der Waals surface area (Å²) in [4.78, 5) is 2.54. The number of hydrogen-bond donors (Lipinski definition) is 1. The van der Waals surface area contributed by atoms with Gasteiger partial charge in [0.2, 0.25) is 0 Å². The molecule has 0 aromatic carbocycles. The number of nitrogens with zero attached hydrogens (tertiary/aromatic N) is 1. The number of thioether (sulfide) groups is 1. The molecular formula is C13H22N2OS. The highest BCUT2D eigenvalue weighted by atomic mass is 32.2. The van der Waals surface area contributed by atoms with Crippen molar-refractivity contribution in [2.75, 3.05) is 37.7 Å². The van der Waals surface area contributed by atoms with Crippen LogP contribution >= 0.6 is 11.8 Å². The van der Waals surface area contributed by atoms with Crippen LogP contribution in [0, 0.1) is 0 Å². The van der Waals surface area contributed by atoms with E-state index in [9.17, 15) is 0 Å². The van der Waals surface area contributed by atoms with Crippen LogP contribution in [0.4, 0.5) is 0 Å². The van der Waals surface area contributed by atoms with Crippen molar-refractivity contribution in [1.29, 1.82) is 0 Å². The third-order valence-electron chi connectivity index (χ3n) is 3.11. The zero-order valence-electron chi connectivity index (χ0n) is 10.5. The summed E-state index contributed by atoms with van der Waals surface area (Å²) in [5.41, 5.74) is 0. The fraction of sp³-hybridized carbons (Fsp3) is 0.692. The van der Waals surface area contributed by atoms with Crippen molar-refractivity contribution in [2.45, 2.75) is 19.4 Å². The minimum atomic E-state index is 0.486. The molecule has 0 spiro atoms. The Morgan fingerprint density at radius 3 is 3.00 bits per heavy atom. The molecule has 0 bridgehead atoms. The minimum Gasteiger partial charge on any atom is -0.469 e. The van der Waals surface area contributed by atoms with Crippen LogP contribution in [0.3, 0.4) is 0 Å². The van der Waals surface area contributed by atoms with E-state index in [-0.39, 0.29) is 0 Å². The quantitative estimate of drug-likeness (QED) is 0.838. The number of nitrogens with one attached hydrogen (secondary N) is 1. The number of rotatable bonds is 6. The number of furan rings is 1. The van der Waals surface area contributed by atoms with Crippen LogP contribution in [0.5, 0.6) is 0 Å². The molecule has 4 heteroatoms. The van der Waals surface area contributed by atoms with Crippen molar-refractivity contribution in [3.63, 3.8) is 0 Å². The van der Waals surface area contributed by atoms with Crippen LogP contribution in [-0.2, 0) is 6.42 Å². The summed E-state index contributed by atoms with van der Waals surface area (Å²) in [5.74, 6) is 3.66. The van der Waals surface area contributed by atoms with Gasteiger partial charge in [-0.05, 0) is 19.1 Å². The Bertz CT molecular complexity index is 296. The van der Waals surface area contributed by atoms with Gasteiger partial charge in [0.25, 0.3) is 0 Å². The highest BCUT2D eigenvalue weighted by Gasteiger charge is 2.10. The minimum absolute atomic E-state index is 0.486. The van der Waals surface area contributed by atoms with Gasteiger partial charge in [-0.15, -0.1) is 0 Å². The van der Waals surface area contributed by atoms with Crippen LogP contribution in [0.25, 0.3) is 0 Å². The zero-order valence-corrected chi connectivity index (χ0v) is 11.3. The Morgan fingerprint density at radius 1 is 1.47 bits per heavy atom. The maximum atomic E-state index is 5.35. The van der Waals surface area contributed by atoms with Crippen molar-refractivity contribution in [3.05, 3.63) is 24.2 Å². The van der Waals surface area contributed by atoms with E-state index in [4.69, 9.17) is 4.42 Å². The Kier molecular flexibility index (Phi) is 5.42. The van der Waals surface area contributed by atoms with Gasteiger partial charge in [-0.1, -0.05) is 0 Å². The highest BCUT2D eigenvalue weighted by Crippen LogP contribution is 2.08. The summed E-state index contributed by atoms with van der Waals surface area (Å²) in [5, 5.41) is 3.56. The number of hydrogen-bond acceptors (Lipinski definition) is 4. The molecule has 2 heterocycles. The summed E-state index contributed by atoms with van der Waals surface area (Å²) in [6.07, 6.45) is 2.72. The zero-order chi connectivity index (χ0) is 11.9. The molecule has 1 unspecified atom stereocenters. The Hall–Kier alpha value is -0.450. The summed E-state index contributed by atoms with van der Waals surface area (Å²) in [7, 11) is 0. The van der Waals surface area contributed by atoms with Gasteiger partial charge in [0, 0.05) is 50.1 Å². The maximum Gasteiger partial charge on any atom is 0.105 e. The van der Waals surface area contributed by atoms with Crippen molar-refractivity contribution in [3.8, 4) is 0 Å². The molecule has 0 aliphatic carbocycles. The van der Waals surface area contributed by atoms with Gasteiger partial charge >= 0.3 is 0 Å². The Labute approximate surface area is 108 Å². The summed E-state index contributed by atoms with van der Waals surface area (Å²) in [6.45, 7) is 6.96. The van der Waals surface area contributed by atoms with Crippen molar-refractivity contribution in [1.82, 2.24) is 10.2 Å². The second-order valence-corrected chi connectivity index (χ2v) is 5.82. The van der Waals surface area contributed by atoms with Crippen LogP contribution in [0.1, 0.15) is 12.7 Å². The largest absolute Gasteiger partial charge is 0.469 e. The van der Waals surface area contributed by atoms with Gasteiger partial charge in [-0.25, -0.2) is 0 Å². The molecule has 1 aliphatic heterocycles. The van der Waals surface area contributed by atoms with Crippen LogP contribution in [0.2, 0.25) is 0 Å². The van der Waals surface area contributed by atoms with Gasteiger partial charge in [0.1, 0.15) is 5.76 Å². The van der Waals surface area contributed by atoms with Gasteiger partial charge in [0.15, 0.2) is 0 Å². The maximum absolute atomic E-state index is 5.35. The average molecular weight is 254 g/mol. The predicted octanol–water partition coefficient (Wildman–Crippen LogP) is 1.85. The fourth-order valence-corrected chi connectivity index (χ4v) is 3.08. The first kappa shape index (κ1) is 13.0.